The molecule has 0 aliphatic carbocycles. The van der Waals surface area contributed by atoms with Gasteiger partial charge in [0.1, 0.15) is 11.9 Å². The topological polar surface area (TPSA) is 72.5 Å². The number of anilines is 2. The van der Waals surface area contributed by atoms with Crippen LogP contribution in [0.5, 0.6) is 5.75 Å². The van der Waals surface area contributed by atoms with E-state index < -0.39 is 11.6 Å². The predicted octanol–water partition coefficient (Wildman–Crippen LogP) is 4.63. The Morgan fingerprint density at radius 1 is 1.21 bits per heavy atom. The zero-order chi connectivity index (χ0) is 21.8. The molecule has 1 aromatic heterocycles. The Kier molecular flexibility index (Phi) is 10.6. The largest absolute Gasteiger partial charge is 0.494 e. The fourth-order valence-electron chi connectivity index (χ4n) is 2.48. The molecular weight excluding hydrogens is 380 g/mol. The van der Waals surface area contributed by atoms with Crippen LogP contribution >= 0.6 is 0 Å². The normalized spacial score (nSPS) is 17.2. The number of hydrogen-bond donors (Lipinski definition) is 2. The number of rotatable bonds is 4. The lowest BCUT2D eigenvalue weighted by molar-refractivity contribution is -0.126. The monoisotopic (exact) mass is 409 g/mol. The number of aromatic nitrogens is 1. The summed E-state index contributed by atoms with van der Waals surface area (Å²) in [6.45, 7) is 5.98. The molecule has 6 nitrogen and oxygen atoms in total. The Hall–Kier alpha value is -2.74. The third kappa shape index (κ3) is 7.65. The zero-order valence-electron chi connectivity index (χ0n) is 17.5. The van der Waals surface area contributed by atoms with E-state index >= 15 is 0 Å². The fourth-order valence-corrected chi connectivity index (χ4v) is 2.48. The summed E-state index contributed by atoms with van der Waals surface area (Å²) in [6.07, 6.45) is 3.20. The second-order valence-electron chi connectivity index (χ2n) is 5.94. The second-order valence-corrected chi connectivity index (χ2v) is 5.94. The van der Waals surface area contributed by atoms with Crippen LogP contribution in [0.3, 0.4) is 0 Å². The highest BCUT2D eigenvalue weighted by atomic mass is 19.2. The summed E-state index contributed by atoms with van der Waals surface area (Å²) in [5.41, 5.74) is 0.692. The number of hydrogen-bond acceptors (Lipinski definition) is 5. The van der Waals surface area contributed by atoms with E-state index in [9.17, 15) is 13.6 Å². The molecule has 2 unspecified atom stereocenters. The summed E-state index contributed by atoms with van der Waals surface area (Å²) < 4.78 is 34.8. The van der Waals surface area contributed by atoms with E-state index in [4.69, 9.17) is 4.74 Å². The minimum Gasteiger partial charge on any atom is -0.494 e. The SMILES string of the molecule is CC.CNc1ccc(NC(=O)C2CCC(C)O2)cn1.COc1cccc(F)c1F. The molecule has 2 N–H and O–H groups in total. The number of carbonyl (C=O) groups is 1. The first-order valence-corrected chi connectivity index (χ1v) is 9.52. The molecule has 160 valence electrons. The standard InChI is InChI=1S/C12H17N3O2.C7H6F2O.C2H6/c1-8-3-5-10(17-8)12(16)15-9-4-6-11(13-2)14-7-9;1-10-6-4-2-3-5(8)7(6)9;1-2/h4,6-8,10H,3,5H2,1-2H3,(H,13,14)(H,15,16);2-4H,1H3;1-2H3. The Morgan fingerprint density at radius 2 is 1.93 bits per heavy atom. The van der Waals surface area contributed by atoms with E-state index in [1.165, 1.54) is 19.2 Å². The van der Waals surface area contributed by atoms with Gasteiger partial charge in [-0.15, -0.1) is 0 Å². The molecule has 0 saturated carbocycles. The summed E-state index contributed by atoms with van der Waals surface area (Å²) in [7, 11) is 3.09. The van der Waals surface area contributed by atoms with Crippen molar-refractivity contribution in [2.24, 2.45) is 0 Å². The van der Waals surface area contributed by atoms with Gasteiger partial charge in [0, 0.05) is 7.05 Å². The van der Waals surface area contributed by atoms with E-state index in [-0.39, 0.29) is 23.9 Å². The average Bonchev–Trinajstić information content (AvgIpc) is 3.19. The van der Waals surface area contributed by atoms with Gasteiger partial charge in [-0.05, 0) is 44.0 Å². The molecule has 1 aliphatic heterocycles. The van der Waals surface area contributed by atoms with Crippen molar-refractivity contribution in [3.8, 4) is 5.75 Å². The van der Waals surface area contributed by atoms with Crippen LogP contribution in [0.1, 0.15) is 33.6 Å². The first kappa shape index (κ1) is 24.3. The number of halogens is 2. The number of methoxy groups -OCH3 is 1. The minimum absolute atomic E-state index is 0.0694. The van der Waals surface area contributed by atoms with E-state index in [1.807, 2.05) is 32.9 Å². The molecule has 1 aromatic carbocycles. The first-order valence-electron chi connectivity index (χ1n) is 9.52. The first-order chi connectivity index (χ1) is 13.9. The Morgan fingerprint density at radius 3 is 2.41 bits per heavy atom. The van der Waals surface area contributed by atoms with Crippen molar-refractivity contribution in [1.82, 2.24) is 4.98 Å². The number of ether oxygens (including phenoxy) is 2. The third-order valence-electron chi connectivity index (χ3n) is 3.95. The molecule has 2 aromatic rings. The van der Waals surface area contributed by atoms with Crippen LogP contribution in [-0.4, -0.2) is 37.3 Å². The number of nitrogens with zero attached hydrogens (tertiary/aromatic N) is 1. The number of amides is 1. The van der Waals surface area contributed by atoms with Gasteiger partial charge < -0.3 is 20.1 Å². The molecule has 1 fully saturated rings. The molecule has 0 radical (unpaired) electrons. The van der Waals surface area contributed by atoms with Crippen molar-refractivity contribution >= 4 is 17.4 Å². The minimum atomic E-state index is -0.940. The predicted molar refractivity (Wildman–Crippen MR) is 110 cm³/mol. The summed E-state index contributed by atoms with van der Waals surface area (Å²) >= 11 is 0. The van der Waals surface area contributed by atoms with E-state index in [0.717, 1.165) is 24.7 Å². The van der Waals surface area contributed by atoms with Gasteiger partial charge in [0.2, 0.25) is 5.82 Å². The van der Waals surface area contributed by atoms with Crippen LogP contribution in [0, 0.1) is 11.6 Å². The highest BCUT2D eigenvalue weighted by molar-refractivity contribution is 5.94. The van der Waals surface area contributed by atoms with Crippen LogP contribution in [0.2, 0.25) is 0 Å². The van der Waals surface area contributed by atoms with Gasteiger partial charge in [-0.25, -0.2) is 9.37 Å². The lowest BCUT2D eigenvalue weighted by atomic mass is 10.2. The second kappa shape index (κ2) is 12.7. The van der Waals surface area contributed by atoms with Crippen molar-refractivity contribution in [3.05, 3.63) is 48.2 Å². The molecule has 29 heavy (non-hydrogen) atoms. The molecule has 8 heteroatoms. The number of carbonyl (C=O) groups excluding carboxylic acids is 1. The van der Waals surface area contributed by atoms with Crippen LogP contribution in [0.25, 0.3) is 0 Å². The van der Waals surface area contributed by atoms with Crippen LogP contribution in [-0.2, 0) is 9.53 Å². The van der Waals surface area contributed by atoms with Crippen LogP contribution < -0.4 is 15.4 Å². The molecule has 1 amide bonds. The van der Waals surface area contributed by atoms with Crippen molar-refractivity contribution in [1.29, 1.82) is 0 Å². The fraction of sp³-hybridized carbons (Fsp3) is 0.429. The maximum Gasteiger partial charge on any atom is 0.253 e. The molecule has 3 rings (SSSR count). The van der Waals surface area contributed by atoms with Crippen molar-refractivity contribution in [3.63, 3.8) is 0 Å². The summed E-state index contributed by atoms with van der Waals surface area (Å²) in [6, 6.07) is 7.41. The lowest BCUT2D eigenvalue weighted by Crippen LogP contribution is -2.27. The number of benzene rings is 1. The van der Waals surface area contributed by atoms with Gasteiger partial charge in [0.25, 0.3) is 5.91 Å². The van der Waals surface area contributed by atoms with Gasteiger partial charge in [-0.2, -0.15) is 4.39 Å². The van der Waals surface area contributed by atoms with Crippen molar-refractivity contribution in [2.45, 2.75) is 45.8 Å². The molecular formula is C21H29F2N3O3. The van der Waals surface area contributed by atoms with Crippen LogP contribution in [0.4, 0.5) is 20.3 Å². The average molecular weight is 409 g/mol. The highest BCUT2D eigenvalue weighted by Gasteiger charge is 2.28. The van der Waals surface area contributed by atoms with Crippen molar-refractivity contribution in [2.75, 3.05) is 24.8 Å². The number of pyridine rings is 1. The van der Waals surface area contributed by atoms with Gasteiger partial charge in [-0.1, -0.05) is 19.9 Å². The van der Waals surface area contributed by atoms with E-state index in [2.05, 4.69) is 20.4 Å². The maximum absolute atomic E-state index is 12.5. The molecule has 2 heterocycles. The van der Waals surface area contributed by atoms with Crippen molar-refractivity contribution < 1.29 is 23.0 Å². The molecule has 0 spiro atoms. The van der Waals surface area contributed by atoms with Gasteiger partial charge >= 0.3 is 0 Å². The van der Waals surface area contributed by atoms with Gasteiger partial charge in [-0.3, -0.25) is 4.79 Å². The van der Waals surface area contributed by atoms with Gasteiger partial charge in [0.05, 0.1) is 25.1 Å². The molecule has 2 atom stereocenters. The van der Waals surface area contributed by atoms with Gasteiger partial charge in [0.15, 0.2) is 11.6 Å². The summed E-state index contributed by atoms with van der Waals surface area (Å²) in [5, 5.41) is 5.72. The smallest absolute Gasteiger partial charge is 0.253 e. The van der Waals surface area contributed by atoms with E-state index in [0.29, 0.717) is 5.69 Å². The highest BCUT2D eigenvalue weighted by Crippen LogP contribution is 2.20. The maximum atomic E-state index is 12.5. The Balaban J connectivity index is 0.000000299. The lowest BCUT2D eigenvalue weighted by Gasteiger charge is -2.11. The van der Waals surface area contributed by atoms with Crippen LogP contribution in [0.15, 0.2) is 36.5 Å². The summed E-state index contributed by atoms with van der Waals surface area (Å²) in [5.74, 6) is -1.22. The quantitative estimate of drug-likeness (QED) is 0.770. The molecule has 0 bridgehead atoms. The van der Waals surface area contributed by atoms with E-state index in [1.54, 1.807) is 13.2 Å². The summed E-state index contributed by atoms with van der Waals surface area (Å²) in [4.78, 5) is 16.0. The zero-order valence-corrected chi connectivity index (χ0v) is 17.5. The molecule has 1 saturated heterocycles. The molecule has 1 aliphatic rings. The third-order valence-corrected chi connectivity index (χ3v) is 3.95. The number of nitrogens with one attached hydrogen (secondary N) is 2. The Bertz CT molecular complexity index is 757. The Labute approximate surface area is 170 Å².